The van der Waals surface area contributed by atoms with E-state index >= 15 is 0 Å². The topological polar surface area (TPSA) is 35.2 Å². The van der Waals surface area contributed by atoms with Crippen LogP contribution in [-0.2, 0) is 12.0 Å². The van der Waals surface area contributed by atoms with Gasteiger partial charge in [0.05, 0.1) is 12.6 Å². The van der Waals surface area contributed by atoms with Crippen molar-refractivity contribution in [1.82, 2.24) is 0 Å². The fourth-order valence-corrected chi connectivity index (χ4v) is 3.32. The monoisotopic (exact) mass is 267 g/mol. The molecule has 1 aliphatic rings. The molecule has 1 atom stereocenters. The molecule has 2 aromatic carbocycles. The third-order valence-corrected chi connectivity index (χ3v) is 4.65. The third kappa shape index (κ3) is 1.75. The van der Waals surface area contributed by atoms with Crippen LogP contribution in [0.3, 0.4) is 0 Å². The van der Waals surface area contributed by atoms with Gasteiger partial charge in [-0.05, 0) is 48.9 Å². The Morgan fingerprint density at radius 3 is 2.55 bits per heavy atom. The SMILES string of the molecule is COc1c(C2(N)CCc3ccccc32)ccc(C)c1C. The average Bonchev–Trinajstić information content (AvgIpc) is 2.81. The van der Waals surface area contributed by atoms with Gasteiger partial charge in [-0.2, -0.15) is 0 Å². The number of hydrogen-bond donors (Lipinski definition) is 1. The smallest absolute Gasteiger partial charge is 0.127 e. The standard InChI is InChI=1S/C18H21NO/c1-12-8-9-16(17(20-3)13(12)2)18(19)11-10-14-6-4-5-7-15(14)18/h4-9H,10-11,19H2,1-3H3. The summed E-state index contributed by atoms with van der Waals surface area (Å²) < 4.78 is 5.67. The first-order valence-electron chi connectivity index (χ1n) is 7.10. The number of hydrogen-bond acceptors (Lipinski definition) is 2. The molecule has 0 heterocycles. The van der Waals surface area contributed by atoms with E-state index in [0.717, 1.165) is 24.2 Å². The number of benzene rings is 2. The highest BCUT2D eigenvalue weighted by atomic mass is 16.5. The summed E-state index contributed by atoms with van der Waals surface area (Å²) >= 11 is 0. The van der Waals surface area contributed by atoms with Crippen LogP contribution in [0.15, 0.2) is 36.4 Å². The lowest BCUT2D eigenvalue weighted by molar-refractivity contribution is 0.390. The minimum atomic E-state index is -0.430. The molecule has 3 rings (SSSR count). The Balaban J connectivity index is 2.22. The number of methoxy groups -OCH3 is 1. The van der Waals surface area contributed by atoms with E-state index in [2.05, 4.69) is 50.2 Å². The Morgan fingerprint density at radius 2 is 1.80 bits per heavy atom. The lowest BCUT2D eigenvalue weighted by Crippen LogP contribution is -2.36. The van der Waals surface area contributed by atoms with Gasteiger partial charge in [-0.15, -0.1) is 0 Å². The quantitative estimate of drug-likeness (QED) is 0.904. The molecule has 2 heteroatoms. The van der Waals surface area contributed by atoms with Crippen molar-refractivity contribution in [3.05, 3.63) is 64.2 Å². The van der Waals surface area contributed by atoms with Gasteiger partial charge in [-0.3, -0.25) is 0 Å². The van der Waals surface area contributed by atoms with Gasteiger partial charge in [0.2, 0.25) is 0 Å². The fraction of sp³-hybridized carbons (Fsp3) is 0.333. The van der Waals surface area contributed by atoms with Crippen LogP contribution < -0.4 is 10.5 Å². The molecule has 0 bridgehead atoms. The summed E-state index contributed by atoms with van der Waals surface area (Å²) in [7, 11) is 1.73. The van der Waals surface area contributed by atoms with Crippen LogP contribution in [0.1, 0.15) is 34.2 Å². The number of nitrogens with two attached hydrogens (primary N) is 1. The summed E-state index contributed by atoms with van der Waals surface area (Å²) in [5.41, 5.74) is 12.5. The zero-order valence-electron chi connectivity index (χ0n) is 12.4. The normalized spacial score (nSPS) is 20.8. The van der Waals surface area contributed by atoms with Crippen molar-refractivity contribution in [1.29, 1.82) is 0 Å². The van der Waals surface area contributed by atoms with E-state index in [4.69, 9.17) is 10.5 Å². The molecule has 1 aliphatic carbocycles. The zero-order valence-corrected chi connectivity index (χ0v) is 12.4. The largest absolute Gasteiger partial charge is 0.496 e. The molecule has 0 spiro atoms. The molecule has 0 aliphatic heterocycles. The second-order valence-corrected chi connectivity index (χ2v) is 5.72. The maximum atomic E-state index is 6.81. The van der Waals surface area contributed by atoms with E-state index in [1.54, 1.807) is 7.11 Å². The molecule has 20 heavy (non-hydrogen) atoms. The van der Waals surface area contributed by atoms with Crippen molar-refractivity contribution in [3.63, 3.8) is 0 Å². The second kappa shape index (κ2) is 4.64. The third-order valence-electron chi connectivity index (χ3n) is 4.65. The maximum Gasteiger partial charge on any atom is 0.127 e. The Kier molecular flexibility index (Phi) is 3.06. The highest BCUT2D eigenvalue weighted by Crippen LogP contribution is 2.44. The van der Waals surface area contributed by atoms with Gasteiger partial charge in [-0.1, -0.05) is 36.4 Å². The summed E-state index contributed by atoms with van der Waals surface area (Å²) in [6.45, 7) is 4.20. The van der Waals surface area contributed by atoms with Crippen LogP contribution >= 0.6 is 0 Å². The van der Waals surface area contributed by atoms with E-state index in [1.165, 1.54) is 22.3 Å². The molecule has 1 unspecified atom stereocenters. The lowest BCUT2D eigenvalue weighted by Gasteiger charge is -2.29. The molecule has 104 valence electrons. The number of fused-ring (bicyclic) bond motifs is 1. The Labute approximate surface area is 120 Å². The fourth-order valence-electron chi connectivity index (χ4n) is 3.32. The molecule has 2 N–H and O–H groups in total. The zero-order chi connectivity index (χ0) is 14.3. The van der Waals surface area contributed by atoms with Crippen LogP contribution in [0.2, 0.25) is 0 Å². The molecule has 0 saturated carbocycles. The number of rotatable bonds is 2. The van der Waals surface area contributed by atoms with E-state index in [0.29, 0.717) is 0 Å². The molecule has 2 aromatic rings. The predicted octanol–water partition coefficient (Wildman–Crippen LogP) is 3.46. The molecule has 0 fully saturated rings. The second-order valence-electron chi connectivity index (χ2n) is 5.72. The summed E-state index contributed by atoms with van der Waals surface area (Å²) in [5.74, 6) is 0.934. The summed E-state index contributed by atoms with van der Waals surface area (Å²) in [6, 6.07) is 12.8. The summed E-state index contributed by atoms with van der Waals surface area (Å²) in [5, 5.41) is 0. The lowest BCUT2D eigenvalue weighted by atomic mass is 9.83. The molecule has 0 amide bonds. The first kappa shape index (κ1) is 13.2. The van der Waals surface area contributed by atoms with Crippen molar-refractivity contribution < 1.29 is 4.74 Å². The molecule has 0 saturated heterocycles. The van der Waals surface area contributed by atoms with Crippen LogP contribution in [-0.4, -0.2) is 7.11 Å². The first-order valence-corrected chi connectivity index (χ1v) is 7.10. The van der Waals surface area contributed by atoms with Crippen LogP contribution in [0.4, 0.5) is 0 Å². The Bertz CT molecular complexity index is 662. The summed E-state index contributed by atoms with van der Waals surface area (Å²) in [4.78, 5) is 0. The average molecular weight is 267 g/mol. The van der Waals surface area contributed by atoms with E-state index < -0.39 is 5.54 Å². The van der Waals surface area contributed by atoms with E-state index in [9.17, 15) is 0 Å². The molecular weight excluding hydrogens is 246 g/mol. The van der Waals surface area contributed by atoms with Gasteiger partial charge in [0.25, 0.3) is 0 Å². The molecule has 0 radical (unpaired) electrons. The highest BCUT2D eigenvalue weighted by Gasteiger charge is 2.38. The van der Waals surface area contributed by atoms with Gasteiger partial charge in [0, 0.05) is 5.56 Å². The van der Waals surface area contributed by atoms with Crippen molar-refractivity contribution in [2.24, 2.45) is 5.73 Å². The van der Waals surface area contributed by atoms with Crippen LogP contribution in [0.25, 0.3) is 0 Å². The van der Waals surface area contributed by atoms with E-state index in [1.807, 2.05) is 0 Å². The Morgan fingerprint density at radius 1 is 1.05 bits per heavy atom. The molecule has 0 aromatic heterocycles. The highest BCUT2D eigenvalue weighted by molar-refractivity contribution is 5.55. The first-order chi connectivity index (χ1) is 9.58. The molecular formula is C18H21NO. The number of ether oxygens (including phenoxy) is 1. The van der Waals surface area contributed by atoms with Crippen LogP contribution in [0, 0.1) is 13.8 Å². The van der Waals surface area contributed by atoms with Gasteiger partial charge >= 0.3 is 0 Å². The predicted molar refractivity (Wildman–Crippen MR) is 82.2 cm³/mol. The summed E-state index contributed by atoms with van der Waals surface area (Å²) in [6.07, 6.45) is 1.97. The van der Waals surface area contributed by atoms with Crippen molar-refractivity contribution >= 4 is 0 Å². The van der Waals surface area contributed by atoms with Crippen molar-refractivity contribution in [2.45, 2.75) is 32.2 Å². The van der Waals surface area contributed by atoms with Crippen molar-refractivity contribution in [3.8, 4) is 5.75 Å². The van der Waals surface area contributed by atoms with Gasteiger partial charge in [0.1, 0.15) is 5.75 Å². The minimum Gasteiger partial charge on any atom is -0.496 e. The maximum absolute atomic E-state index is 6.81. The van der Waals surface area contributed by atoms with E-state index in [-0.39, 0.29) is 0 Å². The van der Waals surface area contributed by atoms with Crippen LogP contribution in [0.5, 0.6) is 5.75 Å². The van der Waals surface area contributed by atoms with Crippen molar-refractivity contribution in [2.75, 3.05) is 7.11 Å². The number of aryl methyl sites for hydroxylation is 2. The minimum absolute atomic E-state index is 0.430. The van der Waals surface area contributed by atoms with Gasteiger partial charge < -0.3 is 10.5 Å². The van der Waals surface area contributed by atoms with Gasteiger partial charge in [-0.25, -0.2) is 0 Å². The molecule has 2 nitrogen and oxygen atoms in total. The Hall–Kier alpha value is -1.80. The van der Waals surface area contributed by atoms with Gasteiger partial charge in [0.15, 0.2) is 0 Å².